The molecule has 1 aliphatic rings. The molecule has 166 valence electrons. The first-order chi connectivity index (χ1) is 15.3. The van der Waals surface area contributed by atoms with Gasteiger partial charge in [0, 0.05) is 18.1 Å². The summed E-state index contributed by atoms with van der Waals surface area (Å²) < 4.78 is 28.8. The lowest BCUT2D eigenvalue weighted by Gasteiger charge is -2.35. The van der Waals surface area contributed by atoms with Crippen molar-refractivity contribution in [3.63, 3.8) is 0 Å². The first-order valence-electron chi connectivity index (χ1n) is 10.4. The molecule has 1 amide bonds. The number of rotatable bonds is 5. The summed E-state index contributed by atoms with van der Waals surface area (Å²) in [6.07, 6.45) is 0.326. The highest BCUT2D eigenvalue weighted by molar-refractivity contribution is 7.89. The second kappa shape index (κ2) is 9.06. The molecule has 0 spiro atoms. The number of hydrogen-bond acceptors (Lipinski definition) is 3. The van der Waals surface area contributed by atoms with Gasteiger partial charge in [-0.3, -0.25) is 4.79 Å². The third-order valence-electron chi connectivity index (χ3n) is 5.82. The lowest BCUT2D eigenvalue weighted by molar-refractivity contribution is -0.125. The number of nitrogens with zero attached hydrogens (tertiary/aromatic N) is 1. The Hall–Kier alpha value is -2.67. The van der Waals surface area contributed by atoms with E-state index >= 15 is 0 Å². The smallest absolute Gasteiger partial charge is 0.244 e. The van der Waals surface area contributed by atoms with Gasteiger partial charge < -0.3 is 5.32 Å². The van der Waals surface area contributed by atoms with Gasteiger partial charge in [0.1, 0.15) is 6.04 Å². The Balaban J connectivity index is 1.67. The average molecular weight is 469 g/mol. The first kappa shape index (κ1) is 22.5. The van der Waals surface area contributed by atoms with Crippen molar-refractivity contribution >= 4 is 27.5 Å². The van der Waals surface area contributed by atoms with Crippen molar-refractivity contribution in [2.75, 3.05) is 0 Å². The Morgan fingerprint density at radius 1 is 1.03 bits per heavy atom. The summed E-state index contributed by atoms with van der Waals surface area (Å²) in [7, 11) is -3.89. The van der Waals surface area contributed by atoms with E-state index in [1.54, 1.807) is 31.2 Å². The number of amides is 1. The van der Waals surface area contributed by atoms with E-state index < -0.39 is 16.1 Å². The van der Waals surface area contributed by atoms with Gasteiger partial charge in [0.2, 0.25) is 15.9 Å². The van der Waals surface area contributed by atoms with Gasteiger partial charge in [0.05, 0.1) is 4.90 Å². The molecule has 0 unspecified atom stereocenters. The van der Waals surface area contributed by atoms with Crippen molar-refractivity contribution in [1.29, 1.82) is 0 Å². The van der Waals surface area contributed by atoms with Crippen molar-refractivity contribution in [3.8, 4) is 0 Å². The molecule has 1 aliphatic heterocycles. The third kappa shape index (κ3) is 4.58. The van der Waals surface area contributed by atoms with Gasteiger partial charge >= 0.3 is 0 Å². The molecule has 0 aliphatic carbocycles. The van der Waals surface area contributed by atoms with Crippen LogP contribution in [0.15, 0.2) is 71.6 Å². The second-order valence-electron chi connectivity index (χ2n) is 8.15. The minimum Gasteiger partial charge on any atom is -0.351 e. The lowest BCUT2D eigenvalue weighted by atomic mass is 9.95. The van der Waals surface area contributed by atoms with E-state index in [0.29, 0.717) is 23.6 Å². The van der Waals surface area contributed by atoms with Crippen LogP contribution in [0.5, 0.6) is 0 Å². The molecule has 5 nitrogen and oxygen atoms in total. The molecule has 1 atom stereocenters. The minimum absolute atomic E-state index is 0.158. The van der Waals surface area contributed by atoms with Crippen molar-refractivity contribution in [1.82, 2.24) is 9.62 Å². The fourth-order valence-corrected chi connectivity index (χ4v) is 6.00. The topological polar surface area (TPSA) is 66.5 Å². The van der Waals surface area contributed by atoms with Crippen LogP contribution in [0.3, 0.4) is 0 Å². The van der Waals surface area contributed by atoms with Crippen molar-refractivity contribution < 1.29 is 13.2 Å². The van der Waals surface area contributed by atoms with E-state index in [-0.39, 0.29) is 17.3 Å². The lowest BCUT2D eigenvalue weighted by Crippen LogP contribution is -2.52. The number of nitrogens with one attached hydrogen (secondary N) is 1. The largest absolute Gasteiger partial charge is 0.351 e. The maximum Gasteiger partial charge on any atom is 0.244 e. The predicted molar refractivity (Wildman–Crippen MR) is 126 cm³/mol. The standard InChI is InChI=1S/C25H25ClN2O3S/c1-17-7-8-18(2)24(13-17)32(30,31)28-16-21-6-4-3-5-20(21)14-23(28)25(29)27-15-19-9-11-22(26)12-10-19/h3-13,23H,14-16H2,1-2H3,(H,27,29)/t23-/m1/s1. The van der Waals surface area contributed by atoms with Crippen LogP contribution in [-0.2, 0) is 34.3 Å². The normalized spacial score (nSPS) is 16.4. The number of sulfonamides is 1. The number of aryl methyl sites for hydroxylation is 2. The Labute approximate surface area is 194 Å². The fourth-order valence-electron chi connectivity index (χ4n) is 4.00. The summed E-state index contributed by atoms with van der Waals surface area (Å²) in [5.74, 6) is -0.316. The summed E-state index contributed by atoms with van der Waals surface area (Å²) in [6.45, 7) is 4.09. The number of carbonyl (C=O) groups is 1. The van der Waals surface area contributed by atoms with Crippen LogP contribution in [0.4, 0.5) is 0 Å². The molecule has 32 heavy (non-hydrogen) atoms. The van der Waals surface area contributed by atoms with Crippen LogP contribution < -0.4 is 5.32 Å². The van der Waals surface area contributed by atoms with Gasteiger partial charge in [-0.05, 0) is 66.3 Å². The molecule has 0 fully saturated rings. The summed E-state index contributed by atoms with van der Waals surface area (Å²) in [4.78, 5) is 13.5. The van der Waals surface area contributed by atoms with E-state index in [2.05, 4.69) is 5.32 Å². The second-order valence-corrected chi connectivity index (χ2v) is 10.4. The number of halogens is 1. The number of benzene rings is 3. The molecule has 0 aromatic heterocycles. The molecular weight excluding hydrogens is 444 g/mol. The third-order valence-corrected chi connectivity index (χ3v) is 8.07. The maximum absolute atomic E-state index is 13.7. The molecular formula is C25H25ClN2O3S. The van der Waals surface area contributed by atoms with E-state index in [4.69, 9.17) is 11.6 Å². The monoisotopic (exact) mass is 468 g/mol. The van der Waals surface area contributed by atoms with E-state index in [0.717, 1.165) is 22.3 Å². The van der Waals surface area contributed by atoms with Gasteiger partial charge in [-0.15, -0.1) is 0 Å². The Kier molecular flexibility index (Phi) is 6.38. The van der Waals surface area contributed by atoms with Crippen molar-refractivity contribution in [3.05, 3.63) is 99.6 Å². The molecule has 0 saturated carbocycles. The maximum atomic E-state index is 13.7. The Morgan fingerprint density at radius 3 is 2.44 bits per heavy atom. The van der Waals surface area contributed by atoms with Crippen LogP contribution in [-0.4, -0.2) is 24.7 Å². The molecule has 0 saturated heterocycles. The minimum atomic E-state index is -3.89. The molecule has 3 aromatic carbocycles. The van der Waals surface area contributed by atoms with Gasteiger partial charge in [-0.2, -0.15) is 4.31 Å². The van der Waals surface area contributed by atoms with Gasteiger partial charge in [0.15, 0.2) is 0 Å². The number of hydrogen-bond donors (Lipinski definition) is 1. The van der Waals surface area contributed by atoms with Gasteiger partial charge in [-0.1, -0.05) is 60.1 Å². The zero-order chi connectivity index (χ0) is 22.9. The molecule has 3 aromatic rings. The van der Waals surface area contributed by atoms with Crippen LogP contribution in [0.1, 0.15) is 27.8 Å². The van der Waals surface area contributed by atoms with Crippen LogP contribution in [0, 0.1) is 13.8 Å². The quantitative estimate of drug-likeness (QED) is 0.604. The molecule has 7 heteroatoms. The van der Waals surface area contributed by atoms with Crippen LogP contribution in [0.25, 0.3) is 0 Å². The fraction of sp³-hybridized carbons (Fsp3) is 0.240. The van der Waals surface area contributed by atoms with Crippen LogP contribution in [0.2, 0.25) is 5.02 Å². The van der Waals surface area contributed by atoms with Gasteiger partial charge in [0.25, 0.3) is 0 Å². The SMILES string of the molecule is Cc1ccc(C)c(S(=O)(=O)N2Cc3ccccc3C[C@@H]2C(=O)NCc2ccc(Cl)cc2)c1. The van der Waals surface area contributed by atoms with Gasteiger partial charge in [-0.25, -0.2) is 8.42 Å². The highest BCUT2D eigenvalue weighted by atomic mass is 35.5. The first-order valence-corrected chi connectivity index (χ1v) is 12.3. The highest BCUT2D eigenvalue weighted by Crippen LogP contribution is 2.31. The molecule has 1 N–H and O–H groups in total. The van der Waals surface area contributed by atoms with E-state index in [1.807, 2.05) is 49.4 Å². The molecule has 0 bridgehead atoms. The van der Waals surface area contributed by atoms with Crippen LogP contribution >= 0.6 is 11.6 Å². The Bertz CT molecular complexity index is 1260. The predicted octanol–water partition coefficient (Wildman–Crippen LogP) is 4.39. The number of carbonyl (C=O) groups excluding carboxylic acids is 1. The summed E-state index contributed by atoms with van der Waals surface area (Å²) in [6, 6.07) is 19.4. The summed E-state index contributed by atoms with van der Waals surface area (Å²) in [5, 5.41) is 3.53. The van der Waals surface area contributed by atoms with Crippen molar-refractivity contribution in [2.24, 2.45) is 0 Å². The number of fused-ring (bicyclic) bond motifs is 1. The Morgan fingerprint density at radius 2 is 1.72 bits per heavy atom. The zero-order valence-corrected chi connectivity index (χ0v) is 19.6. The summed E-state index contributed by atoms with van der Waals surface area (Å²) in [5.41, 5.74) is 4.32. The highest BCUT2D eigenvalue weighted by Gasteiger charge is 2.40. The van der Waals surface area contributed by atoms with E-state index in [1.165, 1.54) is 4.31 Å². The molecule has 1 heterocycles. The zero-order valence-electron chi connectivity index (χ0n) is 18.0. The molecule has 4 rings (SSSR count). The molecule has 0 radical (unpaired) electrons. The average Bonchev–Trinajstić information content (AvgIpc) is 2.79. The van der Waals surface area contributed by atoms with E-state index in [9.17, 15) is 13.2 Å². The summed E-state index contributed by atoms with van der Waals surface area (Å²) >= 11 is 5.93. The van der Waals surface area contributed by atoms with Crippen molar-refractivity contribution in [2.45, 2.75) is 44.3 Å².